The highest BCUT2D eigenvalue weighted by molar-refractivity contribution is 5.80. The van der Waals surface area contributed by atoms with E-state index in [1.165, 1.54) is 6.08 Å². The van der Waals surface area contributed by atoms with E-state index in [-0.39, 0.29) is 17.3 Å². The number of hydrogen-bond acceptors (Lipinski definition) is 3. The number of aliphatic hydroxyl groups excluding tert-OH is 1. The van der Waals surface area contributed by atoms with Gasteiger partial charge in [-0.25, -0.2) is 4.79 Å². The molecule has 0 bridgehead atoms. The molecule has 0 heterocycles. The van der Waals surface area contributed by atoms with Crippen molar-refractivity contribution in [2.75, 3.05) is 0 Å². The van der Waals surface area contributed by atoms with Crippen molar-refractivity contribution in [1.82, 2.24) is 0 Å². The lowest BCUT2D eigenvalue weighted by atomic mass is 9.46. The van der Waals surface area contributed by atoms with Crippen LogP contribution in [-0.2, 0) is 9.59 Å². The summed E-state index contributed by atoms with van der Waals surface area (Å²) < 4.78 is 0. The summed E-state index contributed by atoms with van der Waals surface area (Å²) in [5, 5.41) is 29.1. The van der Waals surface area contributed by atoms with Crippen molar-refractivity contribution in [1.29, 1.82) is 0 Å². The number of fused-ring (bicyclic) bond motifs is 1. The van der Waals surface area contributed by atoms with Gasteiger partial charge in [-0.15, -0.1) is 0 Å². The zero-order valence-electron chi connectivity index (χ0n) is 15.4. The van der Waals surface area contributed by atoms with E-state index in [1.54, 1.807) is 13.8 Å². The highest BCUT2D eigenvalue weighted by Gasteiger charge is 2.59. The minimum absolute atomic E-state index is 0.0137. The van der Waals surface area contributed by atoms with Crippen LogP contribution in [0.25, 0.3) is 0 Å². The number of rotatable bonds is 5. The Hall–Kier alpha value is -1.62. The maximum absolute atomic E-state index is 12.0. The lowest BCUT2D eigenvalue weighted by Crippen LogP contribution is -2.56. The molecule has 140 valence electrons. The third-order valence-electron chi connectivity index (χ3n) is 6.63. The average molecular weight is 350 g/mol. The Morgan fingerprint density at radius 1 is 1.28 bits per heavy atom. The predicted octanol–water partition coefficient (Wildman–Crippen LogP) is 3.63. The highest BCUT2D eigenvalue weighted by Crippen LogP contribution is 2.62. The summed E-state index contributed by atoms with van der Waals surface area (Å²) in [7, 11) is 0. The largest absolute Gasteiger partial charge is 0.481 e. The van der Waals surface area contributed by atoms with Gasteiger partial charge in [-0.3, -0.25) is 4.79 Å². The first kappa shape index (κ1) is 19.7. The Balaban J connectivity index is 2.31. The van der Waals surface area contributed by atoms with Crippen LogP contribution in [-0.4, -0.2) is 33.4 Å². The Morgan fingerprint density at radius 2 is 1.92 bits per heavy atom. The first-order valence-corrected chi connectivity index (χ1v) is 9.00. The minimum atomic E-state index is -0.949. The Morgan fingerprint density at radius 3 is 2.48 bits per heavy atom. The van der Waals surface area contributed by atoms with Crippen molar-refractivity contribution >= 4 is 11.9 Å². The summed E-state index contributed by atoms with van der Waals surface area (Å²) in [6.45, 7) is 9.88. The zero-order valence-corrected chi connectivity index (χ0v) is 15.4. The van der Waals surface area contributed by atoms with Crippen LogP contribution < -0.4 is 0 Å². The highest BCUT2D eigenvalue weighted by atomic mass is 16.4. The second kappa shape index (κ2) is 6.94. The van der Waals surface area contributed by atoms with Crippen LogP contribution in [0.4, 0.5) is 0 Å². The second-order valence-electron chi connectivity index (χ2n) is 8.46. The maximum atomic E-state index is 12.0. The summed E-state index contributed by atoms with van der Waals surface area (Å²) in [5.41, 5.74) is 0.633. The molecule has 0 radical (unpaired) electrons. The van der Waals surface area contributed by atoms with E-state index in [1.807, 2.05) is 0 Å². The van der Waals surface area contributed by atoms with Gasteiger partial charge in [-0.05, 0) is 69.6 Å². The number of carboxylic acid groups (broad SMARTS) is 2. The normalized spacial score (nSPS) is 39.0. The van der Waals surface area contributed by atoms with E-state index >= 15 is 0 Å². The number of hydrogen-bond donors (Lipinski definition) is 3. The van der Waals surface area contributed by atoms with E-state index in [4.69, 9.17) is 5.11 Å². The molecule has 25 heavy (non-hydrogen) atoms. The molecule has 0 aliphatic heterocycles. The number of carboxylic acids is 2. The van der Waals surface area contributed by atoms with E-state index in [0.29, 0.717) is 19.3 Å². The number of aliphatic carboxylic acids is 2. The topological polar surface area (TPSA) is 94.8 Å². The fourth-order valence-electron chi connectivity index (χ4n) is 5.51. The first-order chi connectivity index (χ1) is 11.5. The van der Waals surface area contributed by atoms with Gasteiger partial charge in [-0.1, -0.05) is 24.6 Å². The minimum Gasteiger partial charge on any atom is -0.481 e. The third kappa shape index (κ3) is 3.66. The quantitative estimate of drug-likeness (QED) is 0.520. The molecule has 0 aromatic rings. The van der Waals surface area contributed by atoms with Crippen LogP contribution in [0.15, 0.2) is 23.8 Å². The van der Waals surface area contributed by atoms with Crippen molar-refractivity contribution in [2.24, 2.45) is 22.7 Å². The average Bonchev–Trinajstić information content (AvgIpc) is 2.44. The molecule has 2 fully saturated rings. The molecule has 0 aromatic heterocycles. The van der Waals surface area contributed by atoms with E-state index in [0.717, 1.165) is 30.4 Å². The maximum Gasteiger partial charge on any atom is 0.328 e. The zero-order chi connectivity index (χ0) is 19.0. The van der Waals surface area contributed by atoms with Crippen LogP contribution in [0.5, 0.6) is 0 Å². The van der Waals surface area contributed by atoms with Gasteiger partial charge in [0.1, 0.15) is 0 Å². The van der Waals surface area contributed by atoms with Crippen molar-refractivity contribution in [2.45, 2.75) is 65.4 Å². The second-order valence-corrected chi connectivity index (χ2v) is 8.46. The molecule has 3 N–H and O–H groups in total. The SMILES string of the molecule is C=C1CC[C@H]2[C@@](C)(C[C@@H](O)C[C@@]2(C)C(=O)O)[C@@H]1CC/C(C)=C/C(=O)O. The van der Waals surface area contributed by atoms with Crippen LogP contribution in [0.1, 0.15) is 59.3 Å². The fourth-order valence-corrected chi connectivity index (χ4v) is 5.51. The molecular formula is C20H30O5. The van der Waals surface area contributed by atoms with Gasteiger partial charge in [0.05, 0.1) is 11.5 Å². The first-order valence-electron chi connectivity index (χ1n) is 9.00. The molecule has 0 aromatic carbocycles. The number of aliphatic hydroxyl groups is 1. The molecule has 2 saturated carbocycles. The molecule has 2 aliphatic carbocycles. The molecule has 0 saturated heterocycles. The predicted molar refractivity (Wildman–Crippen MR) is 95.1 cm³/mol. The number of allylic oxidation sites excluding steroid dienone is 2. The molecule has 2 aliphatic rings. The summed E-state index contributed by atoms with van der Waals surface area (Å²) in [6, 6.07) is 0. The lowest BCUT2D eigenvalue weighted by molar-refractivity contribution is -0.173. The van der Waals surface area contributed by atoms with Crippen LogP contribution in [0.2, 0.25) is 0 Å². The van der Waals surface area contributed by atoms with Gasteiger partial charge in [0.25, 0.3) is 0 Å². The molecule has 0 spiro atoms. The van der Waals surface area contributed by atoms with Gasteiger partial charge in [-0.2, -0.15) is 0 Å². The Labute approximate surface area is 149 Å². The summed E-state index contributed by atoms with van der Waals surface area (Å²) in [6.07, 6.45) is 4.42. The molecule has 2 rings (SSSR count). The Bertz CT molecular complexity index is 607. The van der Waals surface area contributed by atoms with E-state index in [2.05, 4.69) is 13.5 Å². The summed E-state index contributed by atoms with van der Waals surface area (Å²) in [4.78, 5) is 22.8. The van der Waals surface area contributed by atoms with E-state index in [9.17, 15) is 19.8 Å². The van der Waals surface area contributed by atoms with Crippen LogP contribution >= 0.6 is 0 Å². The lowest BCUT2D eigenvalue weighted by Gasteiger charge is -2.58. The molecule has 5 atom stereocenters. The van der Waals surface area contributed by atoms with Gasteiger partial charge >= 0.3 is 11.9 Å². The van der Waals surface area contributed by atoms with Gasteiger partial charge < -0.3 is 15.3 Å². The van der Waals surface area contributed by atoms with Crippen molar-refractivity contribution in [3.63, 3.8) is 0 Å². The summed E-state index contributed by atoms with van der Waals surface area (Å²) >= 11 is 0. The molecule has 5 nitrogen and oxygen atoms in total. The standard InChI is InChI=1S/C20H30O5/c1-12(9-17(22)23)5-7-15-13(2)6-8-16-19(15,3)10-14(21)11-20(16,4)18(24)25/h9,14-16,21H,2,5-8,10-11H2,1,3-4H3,(H,22,23)(H,24,25)/b12-9+/t14-,15-,16+,19+,20-/m1/s1. The van der Waals surface area contributed by atoms with Crippen molar-refractivity contribution in [3.8, 4) is 0 Å². The van der Waals surface area contributed by atoms with E-state index < -0.39 is 23.5 Å². The van der Waals surface area contributed by atoms with Gasteiger partial charge in [0.2, 0.25) is 0 Å². The fraction of sp³-hybridized carbons (Fsp3) is 0.700. The van der Waals surface area contributed by atoms with Crippen LogP contribution in [0, 0.1) is 22.7 Å². The van der Waals surface area contributed by atoms with Crippen LogP contribution in [0.3, 0.4) is 0 Å². The monoisotopic (exact) mass is 350 g/mol. The van der Waals surface area contributed by atoms with Gasteiger partial charge in [0, 0.05) is 6.08 Å². The third-order valence-corrected chi connectivity index (χ3v) is 6.63. The molecule has 0 unspecified atom stereocenters. The number of carbonyl (C=O) groups is 2. The van der Waals surface area contributed by atoms with Crippen molar-refractivity contribution < 1.29 is 24.9 Å². The molecular weight excluding hydrogens is 320 g/mol. The van der Waals surface area contributed by atoms with Gasteiger partial charge in [0.15, 0.2) is 0 Å². The van der Waals surface area contributed by atoms with Crippen molar-refractivity contribution in [3.05, 3.63) is 23.8 Å². The summed E-state index contributed by atoms with van der Waals surface area (Å²) in [5.74, 6) is -1.71. The molecule has 5 heteroatoms. The Kier molecular flexibility index (Phi) is 5.47. The molecule has 0 amide bonds. The smallest absolute Gasteiger partial charge is 0.328 e.